The highest BCUT2D eigenvalue weighted by molar-refractivity contribution is 6.08. The van der Waals surface area contributed by atoms with Gasteiger partial charge in [0.05, 0.1) is 23.8 Å². The van der Waals surface area contributed by atoms with Crippen molar-refractivity contribution in [3.05, 3.63) is 83.7 Å². The molecule has 184 valence electrons. The van der Waals surface area contributed by atoms with Crippen LogP contribution < -0.4 is 4.74 Å². The highest BCUT2D eigenvalue weighted by Crippen LogP contribution is 2.44. The van der Waals surface area contributed by atoms with E-state index >= 15 is 0 Å². The lowest BCUT2D eigenvalue weighted by molar-refractivity contribution is -0.154. The van der Waals surface area contributed by atoms with Gasteiger partial charge >= 0.3 is 5.97 Å². The molecule has 1 aliphatic heterocycles. The Labute approximate surface area is 207 Å². The number of rotatable bonds is 8. The van der Waals surface area contributed by atoms with Gasteiger partial charge in [-0.15, -0.1) is 0 Å². The first-order valence-electron chi connectivity index (χ1n) is 11.6. The van der Waals surface area contributed by atoms with Crippen LogP contribution in [0.25, 0.3) is 6.08 Å². The molecule has 1 aromatic carbocycles. The van der Waals surface area contributed by atoms with E-state index in [1.54, 1.807) is 42.9 Å². The topological polar surface area (TPSA) is 112 Å². The summed E-state index contributed by atoms with van der Waals surface area (Å²) >= 11 is 0. The number of hydrogen-bond donors (Lipinski definition) is 0. The van der Waals surface area contributed by atoms with E-state index in [2.05, 4.69) is 5.10 Å². The van der Waals surface area contributed by atoms with E-state index in [-0.39, 0.29) is 11.7 Å². The molecule has 1 aliphatic carbocycles. The second kappa shape index (κ2) is 10.5. The summed E-state index contributed by atoms with van der Waals surface area (Å²) in [5.41, 5.74) is 2.14. The number of hydrogen-bond acceptors (Lipinski definition) is 8. The van der Waals surface area contributed by atoms with Gasteiger partial charge in [0.2, 0.25) is 0 Å². The summed E-state index contributed by atoms with van der Waals surface area (Å²) in [7, 11) is 0. The summed E-state index contributed by atoms with van der Waals surface area (Å²) in [4.78, 5) is 36.5. The Balaban J connectivity index is 1.29. The van der Waals surface area contributed by atoms with E-state index in [4.69, 9.17) is 18.3 Å². The van der Waals surface area contributed by atoms with Crippen LogP contribution in [0.5, 0.6) is 5.75 Å². The van der Waals surface area contributed by atoms with E-state index in [1.807, 2.05) is 24.3 Å². The highest BCUT2D eigenvalue weighted by Gasteiger charge is 2.45. The number of ether oxygens (including phenoxy) is 2. The normalized spacial score (nSPS) is 20.1. The summed E-state index contributed by atoms with van der Waals surface area (Å²) in [6.07, 6.45) is 8.36. The average Bonchev–Trinajstić information content (AvgIpc) is 3.67. The Kier molecular flexibility index (Phi) is 6.79. The van der Waals surface area contributed by atoms with Gasteiger partial charge in [-0.2, -0.15) is 5.10 Å². The molecular formula is C27H24N2O7. The molecule has 9 nitrogen and oxygen atoms in total. The maximum atomic E-state index is 13.2. The molecule has 0 bridgehead atoms. The van der Waals surface area contributed by atoms with Crippen molar-refractivity contribution >= 4 is 30.0 Å². The second-order valence-electron chi connectivity index (χ2n) is 8.47. The number of aldehydes is 1. The molecule has 5 rings (SSSR count). The van der Waals surface area contributed by atoms with Gasteiger partial charge in [-0.05, 0) is 67.3 Å². The standard InChI is InChI=1S/C27H24N2O7/c30-15-19-6-1-2-10-22(19)35-17-25(32)36-16-24(31)29-27(23-11-5-13-34-23)21-9-3-7-18(26(21)28-29)14-20-8-4-12-33-20/h1-2,4-6,8,10-15,21,27H,3,7,9,16-17H2. The number of carbonyl (C=O) groups is 3. The minimum atomic E-state index is -0.735. The zero-order chi connectivity index (χ0) is 24.9. The number of benzene rings is 1. The minimum Gasteiger partial charge on any atom is -0.481 e. The molecular weight excluding hydrogens is 464 g/mol. The fraction of sp³-hybridized carbons (Fsp3) is 0.259. The van der Waals surface area contributed by atoms with Crippen LogP contribution in [0.2, 0.25) is 0 Å². The number of allylic oxidation sites excluding steroid dienone is 1. The van der Waals surface area contributed by atoms with E-state index < -0.39 is 31.1 Å². The van der Waals surface area contributed by atoms with Gasteiger partial charge in [0, 0.05) is 5.92 Å². The summed E-state index contributed by atoms with van der Waals surface area (Å²) in [5, 5.41) is 6.03. The lowest BCUT2D eigenvalue weighted by Crippen LogP contribution is -2.34. The molecule has 0 N–H and O–H groups in total. The van der Waals surface area contributed by atoms with E-state index in [0.29, 0.717) is 17.6 Å². The van der Waals surface area contributed by atoms with Crippen molar-refractivity contribution in [2.24, 2.45) is 11.0 Å². The van der Waals surface area contributed by atoms with Gasteiger partial charge in [-0.1, -0.05) is 12.1 Å². The highest BCUT2D eigenvalue weighted by atomic mass is 16.6. The van der Waals surface area contributed by atoms with E-state index in [9.17, 15) is 14.4 Å². The Hall–Kier alpha value is -4.40. The van der Waals surface area contributed by atoms with Crippen molar-refractivity contribution in [3.8, 4) is 5.75 Å². The predicted molar refractivity (Wildman–Crippen MR) is 128 cm³/mol. The molecule has 0 saturated heterocycles. The number of amides is 1. The van der Waals surface area contributed by atoms with Gasteiger partial charge in [0.25, 0.3) is 5.91 Å². The number of esters is 1. The van der Waals surface area contributed by atoms with Crippen LogP contribution >= 0.6 is 0 Å². The first-order chi connectivity index (χ1) is 17.6. The predicted octanol–water partition coefficient (Wildman–Crippen LogP) is 4.43. The maximum Gasteiger partial charge on any atom is 0.344 e. The third-order valence-corrected chi connectivity index (χ3v) is 6.20. The number of furan rings is 2. The molecule has 3 heterocycles. The molecule has 3 aromatic rings. The van der Waals surface area contributed by atoms with Gasteiger partial charge < -0.3 is 18.3 Å². The number of hydrazone groups is 1. The van der Waals surface area contributed by atoms with Crippen molar-refractivity contribution in [1.82, 2.24) is 5.01 Å². The maximum absolute atomic E-state index is 13.2. The molecule has 2 atom stereocenters. The molecule has 36 heavy (non-hydrogen) atoms. The zero-order valence-electron chi connectivity index (χ0n) is 19.4. The molecule has 2 unspecified atom stereocenters. The number of para-hydroxylation sites is 1. The Morgan fingerprint density at radius 3 is 2.67 bits per heavy atom. The molecule has 0 radical (unpaired) electrons. The van der Waals surface area contributed by atoms with Crippen molar-refractivity contribution < 1.29 is 32.7 Å². The zero-order valence-corrected chi connectivity index (χ0v) is 19.4. The molecule has 1 saturated carbocycles. The van der Waals surface area contributed by atoms with Crippen LogP contribution in [0.1, 0.15) is 47.2 Å². The summed E-state index contributed by atoms with van der Waals surface area (Å²) in [5.74, 6) is 0.344. The summed E-state index contributed by atoms with van der Waals surface area (Å²) in [6.45, 7) is -0.942. The third kappa shape index (κ3) is 4.86. The molecule has 1 amide bonds. The van der Waals surface area contributed by atoms with Crippen molar-refractivity contribution in [2.75, 3.05) is 13.2 Å². The SMILES string of the molecule is O=Cc1ccccc1OCC(=O)OCC(=O)N1N=C2C(=Cc3ccco3)CCCC2C1c1ccco1. The molecule has 1 fully saturated rings. The monoisotopic (exact) mass is 488 g/mol. The van der Waals surface area contributed by atoms with Gasteiger partial charge in [-0.3, -0.25) is 9.59 Å². The van der Waals surface area contributed by atoms with Crippen LogP contribution in [-0.2, 0) is 14.3 Å². The lowest BCUT2D eigenvalue weighted by atomic mass is 9.79. The quantitative estimate of drug-likeness (QED) is 0.341. The number of fused-ring (bicyclic) bond motifs is 1. The Morgan fingerprint density at radius 1 is 1.06 bits per heavy atom. The summed E-state index contributed by atoms with van der Waals surface area (Å²) in [6, 6.07) is 13.4. The molecule has 9 heteroatoms. The lowest BCUT2D eigenvalue weighted by Gasteiger charge is -2.27. The first-order valence-corrected chi connectivity index (χ1v) is 11.6. The van der Waals surface area contributed by atoms with E-state index in [1.165, 1.54) is 5.01 Å². The first kappa shape index (κ1) is 23.3. The van der Waals surface area contributed by atoms with Gasteiger partial charge in [-0.25, -0.2) is 9.80 Å². The van der Waals surface area contributed by atoms with Crippen LogP contribution in [0.15, 0.2) is 80.6 Å². The summed E-state index contributed by atoms with van der Waals surface area (Å²) < 4.78 is 21.7. The number of carbonyl (C=O) groups excluding carboxylic acids is 3. The molecule has 2 aromatic heterocycles. The fourth-order valence-corrected chi connectivity index (χ4v) is 4.59. The van der Waals surface area contributed by atoms with Crippen molar-refractivity contribution in [3.63, 3.8) is 0 Å². The largest absolute Gasteiger partial charge is 0.481 e. The van der Waals surface area contributed by atoms with E-state index in [0.717, 1.165) is 36.3 Å². The molecule has 0 spiro atoms. The average molecular weight is 488 g/mol. The second-order valence-corrected chi connectivity index (χ2v) is 8.47. The van der Waals surface area contributed by atoms with Crippen LogP contribution in [-0.4, -0.2) is 42.1 Å². The van der Waals surface area contributed by atoms with Gasteiger partial charge in [0.15, 0.2) is 19.5 Å². The fourth-order valence-electron chi connectivity index (χ4n) is 4.59. The third-order valence-electron chi connectivity index (χ3n) is 6.20. The smallest absolute Gasteiger partial charge is 0.344 e. The van der Waals surface area contributed by atoms with Crippen molar-refractivity contribution in [2.45, 2.75) is 25.3 Å². The minimum absolute atomic E-state index is 0.0473. The Morgan fingerprint density at radius 2 is 1.89 bits per heavy atom. The Bertz CT molecular complexity index is 1290. The molecule has 2 aliphatic rings. The van der Waals surface area contributed by atoms with Crippen LogP contribution in [0.4, 0.5) is 0 Å². The number of nitrogens with zero attached hydrogens (tertiary/aromatic N) is 2. The van der Waals surface area contributed by atoms with Crippen LogP contribution in [0, 0.1) is 5.92 Å². The van der Waals surface area contributed by atoms with Gasteiger partial charge in [0.1, 0.15) is 23.3 Å². The van der Waals surface area contributed by atoms with Crippen molar-refractivity contribution in [1.29, 1.82) is 0 Å². The van der Waals surface area contributed by atoms with Crippen LogP contribution in [0.3, 0.4) is 0 Å².